The molecule has 0 saturated heterocycles. The van der Waals surface area contributed by atoms with Crippen molar-refractivity contribution in [3.63, 3.8) is 0 Å². The second-order valence-corrected chi connectivity index (χ2v) is 7.99. The van der Waals surface area contributed by atoms with Gasteiger partial charge in [0, 0.05) is 32.7 Å². The molecule has 11 heteroatoms. The van der Waals surface area contributed by atoms with Crippen molar-refractivity contribution in [2.75, 3.05) is 26.5 Å². The van der Waals surface area contributed by atoms with Gasteiger partial charge in [0.05, 0.1) is 13.0 Å². The van der Waals surface area contributed by atoms with E-state index in [2.05, 4.69) is 10.1 Å². The number of hydrogen-bond donors (Lipinski definition) is 2. The van der Waals surface area contributed by atoms with Crippen LogP contribution in [-0.2, 0) is 19.1 Å². The predicted molar refractivity (Wildman–Crippen MR) is 107 cm³/mol. The number of urea groups is 2. The lowest BCUT2D eigenvalue weighted by atomic mass is 9.98. The molecule has 0 heterocycles. The molecule has 10 nitrogen and oxygen atoms in total. The van der Waals surface area contributed by atoms with Gasteiger partial charge in [-0.1, -0.05) is 32.0 Å². The maximum Gasteiger partial charge on any atom is 0.359 e. The van der Waals surface area contributed by atoms with E-state index in [4.69, 9.17) is 0 Å². The second kappa shape index (κ2) is 13.9. The number of nitrogens with one attached hydrogen (secondary N) is 1. The van der Waals surface area contributed by atoms with E-state index in [0.29, 0.717) is 17.7 Å². The molecule has 0 saturated carbocycles. The van der Waals surface area contributed by atoms with E-state index >= 15 is 0 Å². The van der Waals surface area contributed by atoms with Crippen LogP contribution in [0.4, 0.5) is 9.59 Å². The van der Waals surface area contributed by atoms with Gasteiger partial charge in [0.15, 0.2) is 5.12 Å². The molecule has 0 aromatic rings. The summed E-state index contributed by atoms with van der Waals surface area (Å²) in [6.07, 6.45) is 1.10. The second-order valence-electron chi connectivity index (χ2n) is 6.79. The Morgan fingerprint density at radius 3 is 2.24 bits per heavy atom. The Morgan fingerprint density at radius 2 is 1.76 bits per heavy atom. The number of hydroxylamine groups is 2. The molecular formula is C18H31N3O7S. The van der Waals surface area contributed by atoms with E-state index < -0.39 is 29.9 Å². The van der Waals surface area contributed by atoms with Crippen LogP contribution < -0.4 is 5.32 Å². The minimum Gasteiger partial charge on any atom is -0.469 e. The first-order valence-corrected chi connectivity index (χ1v) is 10.3. The number of esters is 1. The van der Waals surface area contributed by atoms with E-state index in [-0.39, 0.29) is 41.2 Å². The summed E-state index contributed by atoms with van der Waals surface area (Å²) in [7, 11) is 2.51. The molecule has 0 aliphatic carbocycles. The van der Waals surface area contributed by atoms with Gasteiger partial charge in [-0.3, -0.25) is 19.6 Å². The Bertz CT molecular complexity index is 598. The average molecular weight is 434 g/mol. The highest BCUT2D eigenvalue weighted by molar-refractivity contribution is 8.13. The first-order chi connectivity index (χ1) is 13.5. The van der Waals surface area contributed by atoms with E-state index in [1.54, 1.807) is 0 Å². The SMILES string of the molecule is CNC(=O)N(CCCC(=O)OC)C(=O)N(O)C(=O)[C@H](CCC(C)C)CSC(C)=O. The summed E-state index contributed by atoms with van der Waals surface area (Å²) in [4.78, 5) is 60.3. The van der Waals surface area contributed by atoms with Gasteiger partial charge in [0.2, 0.25) is 0 Å². The summed E-state index contributed by atoms with van der Waals surface area (Å²) >= 11 is 0.934. The van der Waals surface area contributed by atoms with E-state index in [1.807, 2.05) is 13.8 Å². The number of carbonyl (C=O) groups excluding carboxylic acids is 5. The smallest absolute Gasteiger partial charge is 0.359 e. The molecule has 0 fully saturated rings. The van der Waals surface area contributed by atoms with Gasteiger partial charge in [0.25, 0.3) is 5.91 Å². The van der Waals surface area contributed by atoms with Crippen LogP contribution in [0.15, 0.2) is 0 Å². The van der Waals surface area contributed by atoms with Crippen molar-refractivity contribution in [1.82, 2.24) is 15.3 Å². The molecule has 2 N–H and O–H groups in total. The summed E-state index contributed by atoms with van der Waals surface area (Å²) in [6, 6.07) is -2.05. The van der Waals surface area contributed by atoms with Crippen molar-refractivity contribution in [2.24, 2.45) is 11.8 Å². The summed E-state index contributed by atoms with van der Waals surface area (Å²) in [5, 5.41) is 12.2. The topological polar surface area (TPSA) is 133 Å². The van der Waals surface area contributed by atoms with Crippen LogP contribution in [0.3, 0.4) is 0 Å². The Kier molecular flexibility index (Phi) is 12.9. The molecule has 0 aromatic heterocycles. The predicted octanol–water partition coefficient (Wildman–Crippen LogP) is 2.25. The minimum absolute atomic E-state index is 0.0388. The lowest BCUT2D eigenvalue weighted by Gasteiger charge is -2.26. The molecule has 29 heavy (non-hydrogen) atoms. The third kappa shape index (κ3) is 10.3. The minimum atomic E-state index is -1.22. The number of carbonyl (C=O) groups is 5. The van der Waals surface area contributed by atoms with Gasteiger partial charge in [-0.05, 0) is 18.8 Å². The van der Waals surface area contributed by atoms with Crippen LogP contribution in [0, 0.1) is 11.8 Å². The van der Waals surface area contributed by atoms with Crippen LogP contribution in [0.25, 0.3) is 0 Å². The Morgan fingerprint density at radius 1 is 1.14 bits per heavy atom. The van der Waals surface area contributed by atoms with Gasteiger partial charge in [0.1, 0.15) is 0 Å². The molecule has 0 aliphatic heterocycles. The molecule has 0 aliphatic rings. The first-order valence-electron chi connectivity index (χ1n) is 9.31. The zero-order valence-corrected chi connectivity index (χ0v) is 18.4. The molecule has 1 atom stereocenters. The van der Waals surface area contributed by atoms with Gasteiger partial charge < -0.3 is 10.1 Å². The lowest BCUT2D eigenvalue weighted by molar-refractivity contribution is -0.158. The highest BCUT2D eigenvalue weighted by Gasteiger charge is 2.33. The van der Waals surface area contributed by atoms with Crippen molar-refractivity contribution in [3.05, 3.63) is 0 Å². The molecule has 5 amide bonds. The van der Waals surface area contributed by atoms with E-state index in [1.165, 1.54) is 21.1 Å². The highest BCUT2D eigenvalue weighted by atomic mass is 32.2. The number of imide groups is 2. The number of thioether (sulfide) groups is 1. The molecule has 0 bridgehead atoms. The number of ether oxygens (including phenoxy) is 1. The van der Waals surface area contributed by atoms with Crippen LogP contribution in [-0.4, -0.2) is 70.7 Å². The van der Waals surface area contributed by atoms with Crippen LogP contribution in [0.5, 0.6) is 0 Å². The summed E-state index contributed by atoms with van der Waals surface area (Å²) in [6.45, 7) is 5.11. The largest absolute Gasteiger partial charge is 0.469 e. The third-order valence-corrected chi connectivity index (χ3v) is 4.98. The van der Waals surface area contributed by atoms with Crippen molar-refractivity contribution >= 4 is 40.8 Å². The summed E-state index contributed by atoms with van der Waals surface area (Å²) in [5.74, 6) is -1.75. The number of rotatable bonds is 10. The van der Waals surface area contributed by atoms with Gasteiger partial charge in [-0.2, -0.15) is 0 Å². The van der Waals surface area contributed by atoms with Crippen molar-refractivity contribution < 1.29 is 33.9 Å². The van der Waals surface area contributed by atoms with Crippen molar-refractivity contribution in [1.29, 1.82) is 0 Å². The molecule has 0 unspecified atom stereocenters. The van der Waals surface area contributed by atoms with Gasteiger partial charge >= 0.3 is 18.0 Å². The molecular weight excluding hydrogens is 402 g/mol. The fraction of sp³-hybridized carbons (Fsp3) is 0.722. The Hall–Kier alpha value is -2.14. The quantitative estimate of drug-likeness (QED) is 0.304. The van der Waals surface area contributed by atoms with Crippen molar-refractivity contribution in [2.45, 2.75) is 46.5 Å². The third-order valence-electron chi connectivity index (χ3n) is 4.00. The number of amides is 5. The van der Waals surface area contributed by atoms with Gasteiger partial charge in [-0.25, -0.2) is 14.5 Å². The fourth-order valence-corrected chi connectivity index (χ4v) is 3.06. The highest BCUT2D eigenvalue weighted by Crippen LogP contribution is 2.20. The number of hydrogen-bond acceptors (Lipinski definition) is 8. The van der Waals surface area contributed by atoms with Gasteiger partial charge in [-0.15, -0.1) is 5.06 Å². The molecule has 166 valence electrons. The van der Waals surface area contributed by atoms with Crippen molar-refractivity contribution in [3.8, 4) is 0 Å². The zero-order valence-electron chi connectivity index (χ0n) is 17.6. The number of methoxy groups -OCH3 is 1. The maximum atomic E-state index is 12.7. The summed E-state index contributed by atoms with van der Waals surface area (Å²) in [5.41, 5.74) is 0. The first kappa shape index (κ1) is 26.9. The zero-order chi connectivity index (χ0) is 22.6. The van der Waals surface area contributed by atoms with Crippen LogP contribution in [0.2, 0.25) is 0 Å². The molecule has 0 spiro atoms. The Labute approximate surface area is 175 Å². The van der Waals surface area contributed by atoms with E-state index in [0.717, 1.165) is 11.8 Å². The van der Waals surface area contributed by atoms with Crippen LogP contribution in [0.1, 0.15) is 46.5 Å². The summed E-state index contributed by atoms with van der Waals surface area (Å²) < 4.78 is 4.50. The normalized spacial score (nSPS) is 11.6. The van der Waals surface area contributed by atoms with Crippen LogP contribution >= 0.6 is 11.8 Å². The maximum absolute atomic E-state index is 12.7. The Balaban J connectivity index is 5.25. The molecule has 0 rings (SSSR count). The fourth-order valence-electron chi connectivity index (χ4n) is 2.31. The van der Waals surface area contributed by atoms with E-state index in [9.17, 15) is 29.2 Å². The average Bonchev–Trinajstić information content (AvgIpc) is 2.68. The monoisotopic (exact) mass is 433 g/mol. The number of nitrogens with zero attached hydrogens (tertiary/aromatic N) is 2. The molecule has 0 aromatic carbocycles. The molecule has 0 radical (unpaired) electrons. The standard InChI is InChI=1S/C18H31N3O7S/c1-12(2)8-9-14(11-29-13(3)22)16(24)21(27)18(26)20(17(25)19-4)10-6-7-15(23)28-5/h12,14,27H,6-11H2,1-5H3,(H,19,25)/t14-/m1/s1. The lowest BCUT2D eigenvalue weighted by Crippen LogP contribution is -2.52.